The molecule has 4 nitrogen and oxygen atoms in total. The Morgan fingerprint density at radius 2 is 1.77 bits per heavy atom. The first-order chi connectivity index (χ1) is 5.97. The van der Waals surface area contributed by atoms with Gasteiger partial charge in [0.2, 0.25) is 5.79 Å². The Balaban J connectivity index is 2.90. The summed E-state index contributed by atoms with van der Waals surface area (Å²) in [5, 5.41) is 0. The summed E-state index contributed by atoms with van der Waals surface area (Å²) in [7, 11) is 3.09. The molecule has 0 amide bonds. The van der Waals surface area contributed by atoms with Crippen molar-refractivity contribution in [2.24, 2.45) is 0 Å². The molecule has 0 aromatic rings. The van der Waals surface area contributed by atoms with Gasteiger partial charge in [-0.25, -0.2) is 0 Å². The lowest BCUT2D eigenvalue weighted by Gasteiger charge is -2.46. The zero-order chi connectivity index (χ0) is 10.1. The largest absolute Gasteiger partial charge is 0.459 e. The zero-order valence-corrected chi connectivity index (χ0v) is 8.55. The van der Waals surface area contributed by atoms with Crippen LogP contribution in [0.5, 0.6) is 0 Å². The Kier molecular flexibility index (Phi) is 2.66. The van der Waals surface area contributed by atoms with Gasteiger partial charge in [-0.3, -0.25) is 0 Å². The van der Waals surface area contributed by atoms with Gasteiger partial charge in [-0.2, -0.15) is 0 Å². The Bertz CT molecular complexity index is 216. The Morgan fingerprint density at radius 3 is 2.23 bits per heavy atom. The number of hydrogen-bond acceptors (Lipinski definition) is 4. The summed E-state index contributed by atoms with van der Waals surface area (Å²) in [5.41, 5.74) is 0. The summed E-state index contributed by atoms with van der Waals surface area (Å²) in [5.74, 6) is -1.31. The van der Waals surface area contributed by atoms with E-state index in [1.807, 2.05) is 0 Å². The molecule has 0 radical (unpaired) electrons. The quantitative estimate of drug-likeness (QED) is 0.654. The molecule has 0 aromatic carbocycles. The summed E-state index contributed by atoms with van der Waals surface area (Å²) < 4.78 is 21.4. The highest BCUT2D eigenvalue weighted by Crippen LogP contribution is 2.36. The predicted molar refractivity (Wildman–Crippen MR) is 47.0 cm³/mol. The fourth-order valence-corrected chi connectivity index (χ4v) is 1.22. The molecular formula is C9H16O4. The third kappa shape index (κ3) is 1.57. The molecule has 0 N–H and O–H groups in total. The molecule has 0 saturated carbocycles. The van der Waals surface area contributed by atoms with E-state index in [0.29, 0.717) is 12.4 Å². The van der Waals surface area contributed by atoms with Crippen molar-refractivity contribution in [2.45, 2.75) is 25.4 Å². The highest BCUT2D eigenvalue weighted by Gasteiger charge is 2.52. The van der Waals surface area contributed by atoms with Crippen molar-refractivity contribution in [3.63, 3.8) is 0 Å². The minimum Gasteiger partial charge on any atom is -0.459 e. The van der Waals surface area contributed by atoms with Gasteiger partial charge in [-0.05, 0) is 6.92 Å². The predicted octanol–water partition coefficient (Wildman–Crippen LogP) is 1.27. The van der Waals surface area contributed by atoms with Crippen molar-refractivity contribution >= 4 is 0 Å². The zero-order valence-electron chi connectivity index (χ0n) is 8.55. The van der Waals surface area contributed by atoms with E-state index in [2.05, 4.69) is 6.58 Å². The number of rotatable bonds is 2. The second-order valence-corrected chi connectivity index (χ2v) is 3.23. The first kappa shape index (κ1) is 10.5. The first-order valence-electron chi connectivity index (χ1n) is 4.08. The van der Waals surface area contributed by atoms with Crippen molar-refractivity contribution in [1.82, 2.24) is 0 Å². The molecule has 1 heterocycles. The molecule has 0 unspecified atom stereocenters. The van der Waals surface area contributed by atoms with Crippen molar-refractivity contribution in [1.29, 1.82) is 0 Å². The SMILES string of the molecule is C=C1CO[C@](C)(OC)[C@@](C)(OC)O1. The minimum atomic E-state index is -0.947. The van der Waals surface area contributed by atoms with Crippen LogP contribution < -0.4 is 0 Å². The topological polar surface area (TPSA) is 36.9 Å². The van der Waals surface area contributed by atoms with Crippen LogP contribution in [0.4, 0.5) is 0 Å². The lowest BCUT2D eigenvalue weighted by Crippen LogP contribution is -2.59. The van der Waals surface area contributed by atoms with Crippen LogP contribution in [0.25, 0.3) is 0 Å². The summed E-state index contributed by atoms with van der Waals surface area (Å²) in [4.78, 5) is 0. The third-order valence-corrected chi connectivity index (χ3v) is 2.45. The Morgan fingerprint density at radius 1 is 1.23 bits per heavy atom. The van der Waals surface area contributed by atoms with E-state index in [1.54, 1.807) is 28.1 Å². The van der Waals surface area contributed by atoms with Gasteiger partial charge in [0.05, 0.1) is 0 Å². The van der Waals surface area contributed by atoms with Crippen molar-refractivity contribution in [3.8, 4) is 0 Å². The van der Waals surface area contributed by atoms with Gasteiger partial charge >= 0.3 is 0 Å². The number of methoxy groups -OCH3 is 2. The van der Waals surface area contributed by atoms with Crippen LogP contribution in [0.15, 0.2) is 12.3 Å². The van der Waals surface area contributed by atoms with Crippen LogP contribution in [-0.2, 0) is 18.9 Å². The second kappa shape index (κ2) is 3.29. The number of ether oxygens (including phenoxy) is 4. The van der Waals surface area contributed by atoms with Crippen molar-refractivity contribution in [2.75, 3.05) is 20.8 Å². The standard InChI is InChI=1S/C9H16O4/c1-7-6-12-8(2,10-4)9(3,11-5)13-7/h1,6H2,2-5H3/t8-,9-/m0/s1. The van der Waals surface area contributed by atoms with E-state index in [4.69, 9.17) is 18.9 Å². The first-order valence-corrected chi connectivity index (χ1v) is 4.08. The van der Waals surface area contributed by atoms with E-state index in [9.17, 15) is 0 Å². The summed E-state index contributed by atoms with van der Waals surface area (Å²) in [6, 6.07) is 0. The van der Waals surface area contributed by atoms with E-state index < -0.39 is 11.6 Å². The van der Waals surface area contributed by atoms with Gasteiger partial charge in [0, 0.05) is 21.1 Å². The molecule has 1 rings (SSSR count). The lowest BCUT2D eigenvalue weighted by atomic mass is 10.1. The molecule has 13 heavy (non-hydrogen) atoms. The molecule has 76 valence electrons. The molecular weight excluding hydrogens is 172 g/mol. The van der Waals surface area contributed by atoms with Gasteiger partial charge in [-0.15, -0.1) is 0 Å². The molecule has 1 saturated heterocycles. The molecule has 1 aliphatic rings. The van der Waals surface area contributed by atoms with E-state index in [1.165, 1.54) is 0 Å². The average Bonchev–Trinajstić information content (AvgIpc) is 2.12. The highest BCUT2D eigenvalue weighted by atomic mass is 16.8. The van der Waals surface area contributed by atoms with Crippen molar-refractivity contribution in [3.05, 3.63) is 12.3 Å². The highest BCUT2D eigenvalue weighted by molar-refractivity contribution is 4.96. The lowest BCUT2D eigenvalue weighted by molar-refractivity contribution is -0.399. The average molecular weight is 188 g/mol. The maximum Gasteiger partial charge on any atom is 0.261 e. The molecule has 2 atom stereocenters. The smallest absolute Gasteiger partial charge is 0.261 e. The van der Waals surface area contributed by atoms with Crippen molar-refractivity contribution < 1.29 is 18.9 Å². The van der Waals surface area contributed by atoms with Gasteiger partial charge in [0.1, 0.15) is 12.4 Å². The van der Waals surface area contributed by atoms with Crippen LogP contribution in [0.1, 0.15) is 13.8 Å². The Labute approximate surface area is 78.4 Å². The van der Waals surface area contributed by atoms with Gasteiger partial charge in [-0.1, -0.05) is 6.58 Å². The molecule has 1 fully saturated rings. The molecule has 1 aliphatic heterocycles. The summed E-state index contributed by atoms with van der Waals surface area (Å²) in [6.45, 7) is 7.51. The molecule has 0 aromatic heterocycles. The monoisotopic (exact) mass is 188 g/mol. The van der Waals surface area contributed by atoms with Gasteiger partial charge in [0.15, 0.2) is 0 Å². The van der Waals surface area contributed by atoms with E-state index >= 15 is 0 Å². The van der Waals surface area contributed by atoms with Gasteiger partial charge in [0.25, 0.3) is 5.79 Å². The number of hydrogen-bond donors (Lipinski definition) is 0. The van der Waals surface area contributed by atoms with Crippen LogP contribution in [0.2, 0.25) is 0 Å². The van der Waals surface area contributed by atoms with E-state index in [0.717, 1.165) is 0 Å². The fourth-order valence-electron chi connectivity index (χ4n) is 1.22. The molecule has 0 spiro atoms. The summed E-state index contributed by atoms with van der Waals surface area (Å²) >= 11 is 0. The maximum atomic E-state index is 5.46. The summed E-state index contributed by atoms with van der Waals surface area (Å²) in [6.07, 6.45) is 0. The van der Waals surface area contributed by atoms with E-state index in [-0.39, 0.29) is 0 Å². The molecule has 0 bridgehead atoms. The Hall–Kier alpha value is -0.580. The molecule has 4 heteroatoms. The fraction of sp³-hybridized carbons (Fsp3) is 0.778. The van der Waals surface area contributed by atoms with Crippen LogP contribution in [0, 0.1) is 0 Å². The molecule has 0 aliphatic carbocycles. The van der Waals surface area contributed by atoms with Crippen LogP contribution in [0.3, 0.4) is 0 Å². The minimum absolute atomic E-state index is 0.323. The van der Waals surface area contributed by atoms with Crippen LogP contribution >= 0.6 is 0 Å². The van der Waals surface area contributed by atoms with Gasteiger partial charge < -0.3 is 18.9 Å². The van der Waals surface area contributed by atoms with Crippen LogP contribution in [-0.4, -0.2) is 32.4 Å². The normalized spacial score (nSPS) is 40.2. The third-order valence-electron chi connectivity index (χ3n) is 2.45. The second-order valence-electron chi connectivity index (χ2n) is 3.23. The maximum absolute atomic E-state index is 5.46.